The highest BCUT2D eigenvalue weighted by atomic mass is 32.2. The van der Waals surface area contributed by atoms with Crippen LogP contribution in [0.4, 0.5) is 5.69 Å². The Bertz CT molecular complexity index is 1320. The van der Waals surface area contributed by atoms with Crippen LogP contribution in [0.25, 0.3) is 0 Å². The largest absolute Gasteiger partial charge is 0.457 e. The van der Waals surface area contributed by atoms with Gasteiger partial charge in [-0.3, -0.25) is 4.79 Å². The van der Waals surface area contributed by atoms with Gasteiger partial charge < -0.3 is 9.64 Å². The van der Waals surface area contributed by atoms with Crippen LogP contribution in [0.3, 0.4) is 0 Å². The number of amides is 1. The van der Waals surface area contributed by atoms with E-state index in [4.69, 9.17) is 4.74 Å². The Balaban J connectivity index is 1.40. The molecule has 0 N–H and O–H groups in total. The molecule has 0 aliphatic carbocycles. The van der Waals surface area contributed by atoms with Crippen molar-refractivity contribution in [2.45, 2.75) is 24.6 Å². The number of rotatable bonds is 5. The van der Waals surface area contributed by atoms with Crippen LogP contribution < -0.4 is 9.64 Å². The Labute approximate surface area is 203 Å². The van der Waals surface area contributed by atoms with Crippen molar-refractivity contribution in [3.8, 4) is 11.5 Å². The van der Waals surface area contributed by atoms with Crippen LogP contribution in [-0.4, -0.2) is 42.3 Å². The maximum Gasteiger partial charge on any atom is 0.252 e. The van der Waals surface area contributed by atoms with E-state index in [2.05, 4.69) is 4.99 Å². The lowest BCUT2D eigenvalue weighted by atomic mass is 10.1. The summed E-state index contributed by atoms with van der Waals surface area (Å²) in [5.41, 5.74) is 2.83. The number of benzene rings is 3. The number of sulfone groups is 1. The highest BCUT2D eigenvalue weighted by Crippen LogP contribution is 2.41. The SMILES string of the molecule is Cc1ccc(CC(=O)N=C2S[C@@H]3CS(=O)(=O)C[C@@H]3N2c2ccc(Oc3ccccc3)cc2)cc1. The van der Waals surface area contributed by atoms with Crippen LogP contribution >= 0.6 is 11.8 Å². The van der Waals surface area contributed by atoms with Gasteiger partial charge in [0.15, 0.2) is 15.0 Å². The number of carbonyl (C=O) groups is 1. The molecule has 0 spiro atoms. The van der Waals surface area contributed by atoms with Gasteiger partial charge in [-0.15, -0.1) is 0 Å². The summed E-state index contributed by atoms with van der Waals surface area (Å²) in [4.78, 5) is 19.1. The van der Waals surface area contributed by atoms with Gasteiger partial charge in [-0.05, 0) is 48.9 Å². The molecule has 1 amide bonds. The summed E-state index contributed by atoms with van der Waals surface area (Å²) in [6.45, 7) is 2.00. The number of para-hydroxylation sites is 1. The minimum atomic E-state index is -3.13. The van der Waals surface area contributed by atoms with Gasteiger partial charge in [0.05, 0.1) is 24.0 Å². The van der Waals surface area contributed by atoms with Crippen molar-refractivity contribution in [3.63, 3.8) is 0 Å². The van der Waals surface area contributed by atoms with E-state index in [0.717, 1.165) is 22.6 Å². The molecule has 8 heteroatoms. The summed E-state index contributed by atoms with van der Waals surface area (Å²) in [6, 6.07) is 24.5. The van der Waals surface area contributed by atoms with E-state index in [1.54, 1.807) is 0 Å². The summed E-state index contributed by atoms with van der Waals surface area (Å²) >= 11 is 1.38. The molecule has 2 fully saturated rings. The fourth-order valence-electron chi connectivity index (χ4n) is 4.19. The lowest BCUT2D eigenvalue weighted by molar-refractivity contribution is -0.117. The van der Waals surface area contributed by atoms with Crippen molar-refractivity contribution in [3.05, 3.63) is 90.0 Å². The van der Waals surface area contributed by atoms with E-state index in [-0.39, 0.29) is 35.1 Å². The van der Waals surface area contributed by atoms with Crippen molar-refractivity contribution in [1.29, 1.82) is 0 Å². The van der Waals surface area contributed by atoms with Crippen molar-refractivity contribution < 1.29 is 17.9 Å². The molecule has 0 unspecified atom stereocenters. The number of anilines is 1. The van der Waals surface area contributed by atoms with Crippen LogP contribution in [0, 0.1) is 6.92 Å². The minimum Gasteiger partial charge on any atom is -0.457 e. The molecule has 2 saturated heterocycles. The zero-order chi connectivity index (χ0) is 23.7. The lowest BCUT2D eigenvalue weighted by Crippen LogP contribution is -2.37. The lowest BCUT2D eigenvalue weighted by Gasteiger charge is -2.24. The number of hydrogen-bond acceptors (Lipinski definition) is 5. The highest BCUT2D eigenvalue weighted by Gasteiger charge is 2.49. The van der Waals surface area contributed by atoms with E-state index in [1.165, 1.54) is 11.8 Å². The number of carbonyl (C=O) groups excluding carboxylic acids is 1. The summed E-state index contributed by atoms with van der Waals surface area (Å²) in [6.07, 6.45) is 0.204. The third kappa shape index (κ3) is 5.03. The second kappa shape index (κ2) is 9.27. The van der Waals surface area contributed by atoms with Gasteiger partial charge in [-0.1, -0.05) is 59.8 Å². The molecule has 6 nitrogen and oxygen atoms in total. The zero-order valence-electron chi connectivity index (χ0n) is 18.6. The predicted octanol–water partition coefficient (Wildman–Crippen LogP) is 4.63. The number of fused-ring (bicyclic) bond motifs is 1. The third-order valence-electron chi connectivity index (χ3n) is 5.86. The van der Waals surface area contributed by atoms with Crippen LogP contribution in [0.1, 0.15) is 11.1 Å². The number of aliphatic imine (C=N–C) groups is 1. The molecule has 3 aromatic carbocycles. The molecule has 0 radical (unpaired) electrons. The summed E-state index contributed by atoms with van der Waals surface area (Å²) < 4.78 is 30.5. The molecule has 0 saturated carbocycles. The molecular weight excluding hydrogens is 468 g/mol. The van der Waals surface area contributed by atoms with E-state index < -0.39 is 9.84 Å². The standard InChI is InChI=1S/C26H24N2O4S2/c1-18-7-9-19(10-8-18)15-25(29)27-26-28(23-16-34(30,31)17-24(23)33-26)20-11-13-22(14-12-20)32-21-5-3-2-4-6-21/h2-14,23-24H,15-17H2,1H3/t23-,24+/m0/s1. The summed E-state index contributed by atoms with van der Waals surface area (Å²) in [5, 5.41) is 0.412. The monoisotopic (exact) mass is 492 g/mol. The van der Waals surface area contributed by atoms with Crippen molar-refractivity contribution in [1.82, 2.24) is 0 Å². The first kappa shape index (κ1) is 22.7. The van der Waals surface area contributed by atoms with Crippen LogP contribution in [0.15, 0.2) is 83.9 Å². The molecule has 2 aliphatic heterocycles. The van der Waals surface area contributed by atoms with Gasteiger partial charge in [-0.25, -0.2) is 8.42 Å². The van der Waals surface area contributed by atoms with Gasteiger partial charge in [0.1, 0.15) is 11.5 Å². The number of amidine groups is 1. The first-order chi connectivity index (χ1) is 16.4. The van der Waals surface area contributed by atoms with Gasteiger partial charge in [0.2, 0.25) is 0 Å². The molecule has 0 bridgehead atoms. The summed E-state index contributed by atoms with van der Waals surface area (Å²) in [7, 11) is -3.13. The molecule has 0 aromatic heterocycles. The molecule has 174 valence electrons. The maximum atomic E-state index is 12.8. The second-order valence-corrected chi connectivity index (χ2v) is 11.9. The van der Waals surface area contributed by atoms with E-state index in [1.807, 2.05) is 90.7 Å². The quantitative estimate of drug-likeness (QED) is 0.517. The Hall–Kier alpha value is -3.10. The number of aryl methyl sites for hydroxylation is 1. The molecule has 2 heterocycles. The molecule has 2 aliphatic rings. The molecule has 3 aromatic rings. The van der Waals surface area contributed by atoms with E-state index in [0.29, 0.717) is 10.9 Å². The first-order valence-corrected chi connectivity index (χ1v) is 13.7. The number of thioether (sulfide) groups is 1. The average molecular weight is 493 g/mol. The van der Waals surface area contributed by atoms with Crippen LogP contribution in [0.2, 0.25) is 0 Å². The maximum absolute atomic E-state index is 12.8. The fourth-order valence-corrected chi connectivity index (χ4v) is 8.12. The normalized spacial score (nSPS) is 22.0. The van der Waals surface area contributed by atoms with Gasteiger partial charge in [0, 0.05) is 10.9 Å². The first-order valence-electron chi connectivity index (χ1n) is 11.0. The van der Waals surface area contributed by atoms with Gasteiger partial charge in [0.25, 0.3) is 5.91 Å². The minimum absolute atomic E-state index is 0.0537. The summed E-state index contributed by atoms with van der Waals surface area (Å²) in [5.74, 6) is 1.31. The topological polar surface area (TPSA) is 76.0 Å². The molecule has 5 rings (SSSR count). The average Bonchev–Trinajstić information content (AvgIpc) is 3.27. The zero-order valence-corrected chi connectivity index (χ0v) is 20.3. The second-order valence-electron chi connectivity index (χ2n) is 8.53. The van der Waals surface area contributed by atoms with E-state index >= 15 is 0 Å². The third-order valence-corrected chi connectivity index (χ3v) is 9.07. The fraction of sp³-hybridized carbons (Fsp3) is 0.231. The Morgan fingerprint density at radius 2 is 1.65 bits per heavy atom. The van der Waals surface area contributed by atoms with Crippen molar-refractivity contribution in [2.24, 2.45) is 4.99 Å². The predicted molar refractivity (Wildman–Crippen MR) is 137 cm³/mol. The molecule has 34 heavy (non-hydrogen) atoms. The van der Waals surface area contributed by atoms with Crippen LogP contribution in [0.5, 0.6) is 11.5 Å². The number of nitrogens with zero attached hydrogens (tertiary/aromatic N) is 2. The number of ether oxygens (including phenoxy) is 1. The van der Waals surface area contributed by atoms with Gasteiger partial charge in [-0.2, -0.15) is 4.99 Å². The van der Waals surface area contributed by atoms with Gasteiger partial charge >= 0.3 is 0 Å². The van der Waals surface area contributed by atoms with Crippen molar-refractivity contribution in [2.75, 3.05) is 16.4 Å². The Kier molecular flexibility index (Phi) is 6.18. The van der Waals surface area contributed by atoms with Crippen molar-refractivity contribution >= 4 is 38.4 Å². The highest BCUT2D eigenvalue weighted by molar-refractivity contribution is 8.16. The number of hydrogen-bond donors (Lipinski definition) is 0. The van der Waals surface area contributed by atoms with Crippen LogP contribution in [-0.2, 0) is 21.1 Å². The smallest absolute Gasteiger partial charge is 0.252 e. The Morgan fingerprint density at radius 1 is 0.971 bits per heavy atom. The van der Waals surface area contributed by atoms with E-state index in [9.17, 15) is 13.2 Å². The Morgan fingerprint density at radius 3 is 2.35 bits per heavy atom. The molecule has 2 atom stereocenters. The molecular formula is C26H24N2O4S2.